The number of phenols is 1. The number of hydrogen-bond donors (Lipinski definition) is 13. The number of likely N-dealkylation sites (tertiary alicyclic amines) is 3. The Bertz CT molecular complexity index is 2010. The first kappa shape index (κ1) is 54.3. The molecule has 15 N–H and O–H groups in total. The number of phosphoric acid groups is 1. The van der Waals surface area contributed by atoms with E-state index in [-0.39, 0.29) is 44.4 Å². The second-order valence-corrected chi connectivity index (χ2v) is 18.2. The molecule has 0 saturated carbocycles. The number of aliphatic hydroxyl groups excluding tert-OH is 3. The molecule has 0 radical (unpaired) electrons. The molecule has 3 fully saturated rings. The molecule has 27 heteroatoms. The number of β-amino-alcohol motifs (C(OH)–C–C–N with tert-alkyl or cyclic N) is 2. The van der Waals surface area contributed by atoms with Crippen molar-refractivity contribution in [3.63, 3.8) is 0 Å². The summed E-state index contributed by atoms with van der Waals surface area (Å²) in [5, 5.41) is 60.2. The summed E-state index contributed by atoms with van der Waals surface area (Å²) >= 11 is 0. The van der Waals surface area contributed by atoms with E-state index in [0.29, 0.717) is 31.4 Å². The maximum absolute atomic E-state index is 14.6. The number of amides is 7. The highest BCUT2D eigenvalue weighted by Crippen LogP contribution is 2.36. The number of rotatable bonds is 22. The van der Waals surface area contributed by atoms with Crippen molar-refractivity contribution in [2.24, 2.45) is 11.5 Å². The summed E-state index contributed by atoms with van der Waals surface area (Å²) < 4.78 is 16.5. The Labute approximate surface area is 384 Å². The monoisotopic (exact) mass is 971 g/mol. The summed E-state index contributed by atoms with van der Waals surface area (Å²) in [5.41, 5.74) is 11.7. The summed E-state index contributed by atoms with van der Waals surface area (Å²) in [5.74, 6) is -8.14. The van der Waals surface area contributed by atoms with E-state index in [1.807, 2.05) is 0 Å². The van der Waals surface area contributed by atoms with Crippen molar-refractivity contribution >= 4 is 55.1 Å². The highest BCUT2D eigenvalue weighted by atomic mass is 31.2. The third kappa shape index (κ3) is 15.1. The molecule has 7 amide bonds. The first-order valence-electron chi connectivity index (χ1n) is 21.8. The van der Waals surface area contributed by atoms with E-state index in [4.69, 9.17) is 11.5 Å². The lowest BCUT2D eigenvalue weighted by molar-refractivity contribution is -0.149. The number of aliphatic hydroxyl groups is 3. The van der Waals surface area contributed by atoms with E-state index < -0.39 is 141 Å². The Kier molecular flexibility index (Phi) is 19.5. The first-order valence-corrected chi connectivity index (χ1v) is 23.3. The fraction of sp³-hybridized carbons (Fsp3) is 0.650. The van der Waals surface area contributed by atoms with E-state index in [9.17, 15) is 78.2 Å². The molecule has 1 aromatic carbocycles. The van der Waals surface area contributed by atoms with E-state index in [0.717, 1.165) is 16.7 Å². The summed E-state index contributed by atoms with van der Waals surface area (Å²) in [6, 6.07) is -6.35. The van der Waals surface area contributed by atoms with Gasteiger partial charge in [0.1, 0.15) is 42.0 Å². The molecule has 4 rings (SSSR count). The summed E-state index contributed by atoms with van der Waals surface area (Å²) in [6.45, 7) is 0.828. The van der Waals surface area contributed by atoms with Gasteiger partial charge in [0.15, 0.2) is 6.04 Å². The molecule has 0 unspecified atom stereocenters. The van der Waals surface area contributed by atoms with Gasteiger partial charge < -0.3 is 82.8 Å². The van der Waals surface area contributed by atoms with Gasteiger partial charge in [-0.1, -0.05) is 12.1 Å². The minimum atomic E-state index is -5.32. The lowest BCUT2D eigenvalue weighted by Gasteiger charge is -2.33. The van der Waals surface area contributed by atoms with Gasteiger partial charge in [-0.05, 0) is 70.2 Å². The van der Waals surface area contributed by atoms with Crippen molar-refractivity contribution in [3.05, 3.63) is 29.8 Å². The average Bonchev–Trinajstić information content (AvgIpc) is 4.01. The van der Waals surface area contributed by atoms with E-state index >= 15 is 0 Å². The number of carbonyl (C=O) groups excluding carboxylic acids is 7. The molecular weight excluding hydrogens is 909 g/mol. The number of unbranched alkanes of at least 4 members (excludes halogenated alkanes) is 1. The SMILES string of the molecule is C[C@H](N)C(=O)N[C@@H](CCCCN)C(=O)N1CCC[C@H]1C(=O)N[C@@H](COP(=O)(O)O)C(=O)N[C@@H](Cc1ccc(O)cc1)C(=O)N1C[C@H](O)C[C@H]1C(=O)N1C[C@H](O)C[C@H]1C(=O)N[C@H](C(=O)O)[C@@H](C)O. The van der Waals surface area contributed by atoms with Crippen molar-refractivity contribution in [3.8, 4) is 5.75 Å². The van der Waals surface area contributed by atoms with Gasteiger partial charge >= 0.3 is 13.8 Å². The zero-order valence-electron chi connectivity index (χ0n) is 37.0. The number of aliphatic carboxylic acids is 1. The molecule has 3 aliphatic heterocycles. The summed E-state index contributed by atoms with van der Waals surface area (Å²) in [4.78, 5) is 131. The van der Waals surface area contributed by atoms with Crippen molar-refractivity contribution in [1.82, 2.24) is 36.0 Å². The number of carboxylic acids is 1. The average molecular weight is 972 g/mol. The fourth-order valence-electron chi connectivity index (χ4n) is 8.15. The molecule has 374 valence electrons. The Morgan fingerprint density at radius 3 is 1.96 bits per heavy atom. The van der Waals surface area contributed by atoms with Crippen LogP contribution in [0.1, 0.15) is 64.4 Å². The predicted molar refractivity (Wildman–Crippen MR) is 230 cm³/mol. The molecule has 11 atom stereocenters. The summed E-state index contributed by atoms with van der Waals surface area (Å²) in [7, 11) is -5.32. The van der Waals surface area contributed by atoms with Crippen LogP contribution < -0.4 is 32.7 Å². The van der Waals surface area contributed by atoms with Gasteiger partial charge in [0.05, 0.1) is 31.0 Å². The van der Waals surface area contributed by atoms with Gasteiger partial charge in [-0.15, -0.1) is 0 Å². The first-order chi connectivity index (χ1) is 31.4. The predicted octanol–water partition coefficient (Wildman–Crippen LogP) is -5.16. The molecular formula is C40H62N9O17P. The Morgan fingerprint density at radius 1 is 0.791 bits per heavy atom. The number of nitrogens with two attached hydrogens (primary N) is 2. The number of phosphoric ester groups is 1. The van der Waals surface area contributed by atoms with Crippen LogP contribution in [0.3, 0.4) is 0 Å². The fourth-order valence-corrected chi connectivity index (χ4v) is 8.49. The molecule has 0 aromatic heterocycles. The number of aromatic hydroxyl groups is 1. The third-order valence-electron chi connectivity index (χ3n) is 11.6. The van der Waals surface area contributed by atoms with E-state index in [1.54, 1.807) is 0 Å². The van der Waals surface area contributed by atoms with Gasteiger partial charge in [0, 0.05) is 38.9 Å². The number of carboxylic acid groups (broad SMARTS) is 1. The normalized spacial score (nSPS) is 23.4. The summed E-state index contributed by atoms with van der Waals surface area (Å²) in [6.07, 6.45) is -3.75. The molecule has 3 heterocycles. The highest BCUT2D eigenvalue weighted by molar-refractivity contribution is 7.46. The van der Waals surface area contributed by atoms with Crippen LogP contribution in [0, 0.1) is 0 Å². The van der Waals surface area contributed by atoms with Crippen LogP contribution in [0.25, 0.3) is 0 Å². The van der Waals surface area contributed by atoms with Crippen molar-refractivity contribution in [2.45, 2.75) is 132 Å². The van der Waals surface area contributed by atoms with Crippen molar-refractivity contribution in [2.75, 3.05) is 32.8 Å². The van der Waals surface area contributed by atoms with Crippen LogP contribution in [-0.4, -0.2) is 197 Å². The van der Waals surface area contributed by atoms with Gasteiger partial charge in [-0.2, -0.15) is 0 Å². The molecule has 0 aliphatic carbocycles. The lowest BCUT2D eigenvalue weighted by Crippen LogP contribution is -2.61. The largest absolute Gasteiger partial charge is 0.508 e. The minimum absolute atomic E-state index is 0.0610. The Balaban J connectivity index is 1.62. The van der Waals surface area contributed by atoms with Gasteiger partial charge in [0.2, 0.25) is 41.4 Å². The third-order valence-corrected chi connectivity index (χ3v) is 12.1. The van der Waals surface area contributed by atoms with Crippen LogP contribution in [0.4, 0.5) is 0 Å². The number of nitrogens with zero attached hydrogens (tertiary/aromatic N) is 3. The number of carbonyl (C=O) groups is 8. The quantitative estimate of drug-likeness (QED) is 0.0382. The van der Waals surface area contributed by atoms with Crippen LogP contribution in [0.5, 0.6) is 5.75 Å². The van der Waals surface area contributed by atoms with Crippen LogP contribution in [-0.2, 0) is 53.9 Å². The number of hydrogen-bond acceptors (Lipinski definition) is 16. The van der Waals surface area contributed by atoms with Gasteiger partial charge in [0.25, 0.3) is 0 Å². The molecule has 0 bridgehead atoms. The van der Waals surface area contributed by atoms with Crippen LogP contribution in [0.15, 0.2) is 24.3 Å². The maximum atomic E-state index is 14.6. The zero-order chi connectivity index (χ0) is 49.9. The molecule has 0 spiro atoms. The highest BCUT2D eigenvalue weighted by Gasteiger charge is 2.49. The standard InChI is InChI=1S/C40H62N9O17P/c1-20(42)33(54)43-26(6-3-4-12-41)37(58)47-13-5-7-29(47)35(56)45-28(19-66-67(63,64)65)34(55)44-27(14-22-8-10-23(51)11-9-22)38(59)49-18-25(53)16-31(49)39(60)48-17-24(52)15-30(48)36(57)46-32(21(2)50)40(61)62/h8-11,20-21,24-32,50-53H,3-7,12-19,41-42H2,1-2H3,(H,43,54)(H,44,55)(H,45,56)(H,46,57)(H,61,62)(H2,63,64,65)/t20-,21+,24+,25+,26-,27-,28-,29-,30-,31-,32-/m0/s1. The molecule has 1 aromatic rings. The van der Waals surface area contributed by atoms with Crippen LogP contribution >= 0.6 is 7.82 Å². The molecule has 67 heavy (non-hydrogen) atoms. The molecule has 3 saturated heterocycles. The molecule has 26 nitrogen and oxygen atoms in total. The zero-order valence-corrected chi connectivity index (χ0v) is 37.9. The van der Waals surface area contributed by atoms with E-state index in [1.165, 1.54) is 36.1 Å². The van der Waals surface area contributed by atoms with Gasteiger partial charge in [-0.25, -0.2) is 9.36 Å². The second-order valence-electron chi connectivity index (χ2n) is 17.0. The Morgan fingerprint density at radius 2 is 1.37 bits per heavy atom. The van der Waals surface area contributed by atoms with Crippen molar-refractivity contribution < 1.29 is 82.8 Å². The Hall–Kier alpha value is -5.31. The lowest BCUT2D eigenvalue weighted by atomic mass is 10.0. The number of benzene rings is 1. The molecule has 3 aliphatic rings. The second kappa shape index (κ2) is 24.1. The number of nitrogens with one attached hydrogen (secondary N) is 4. The number of phenolic OH excluding ortho intramolecular Hbond substituents is 1. The topological polar surface area (TPSA) is 414 Å². The van der Waals surface area contributed by atoms with Gasteiger partial charge in [-0.3, -0.25) is 38.1 Å². The minimum Gasteiger partial charge on any atom is -0.508 e. The van der Waals surface area contributed by atoms with Crippen LogP contribution in [0.2, 0.25) is 0 Å². The smallest absolute Gasteiger partial charge is 0.469 e. The maximum Gasteiger partial charge on any atom is 0.469 e. The van der Waals surface area contributed by atoms with Crippen molar-refractivity contribution in [1.29, 1.82) is 0 Å². The van der Waals surface area contributed by atoms with E-state index in [2.05, 4.69) is 25.8 Å².